The van der Waals surface area contributed by atoms with Crippen molar-refractivity contribution < 1.29 is 4.74 Å². The van der Waals surface area contributed by atoms with Crippen LogP contribution in [-0.2, 0) is 11.3 Å². The molecule has 2 unspecified atom stereocenters. The average Bonchev–Trinajstić information content (AvgIpc) is 2.64. The third-order valence-corrected chi connectivity index (χ3v) is 3.64. The first-order chi connectivity index (χ1) is 7.65. The topological polar surface area (TPSA) is 51.4 Å². The average molecular weight is 241 g/mol. The summed E-state index contributed by atoms with van der Waals surface area (Å²) in [5.74, 6) is 0. The van der Waals surface area contributed by atoms with Crippen molar-refractivity contribution in [3.05, 3.63) is 16.1 Å². The molecule has 2 N–H and O–H groups in total. The van der Waals surface area contributed by atoms with E-state index in [9.17, 15) is 0 Å². The molecule has 1 fully saturated rings. The second-order valence-corrected chi connectivity index (χ2v) is 5.42. The Morgan fingerprint density at radius 3 is 3.19 bits per heavy atom. The van der Waals surface area contributed by atoms with Gasteiger partial charge in [-0.3, -0.25) is 4.90 Å². The molecule has 2 heterocycles. The number of aromatic nitrogens is 1. The summed E-state index contributed by atoms with van der Waals surface area (Å²) >= 11 is 1.71. The van der Waals surface area contributed by atoms with Gasteiger partial charge in [-0.1, -0.05) is 0 Å². The molecule has 1 saturated heterocycles. The fourth-order valence-electron chi connectivity index (χ4n) is 1.90. The van der Waals surface area contributed by atoms with Crippen molar-refractivity contribution in [2.24, 2.45) is 5.73 Å². The lowest BCUT2D eigenvalue weighted by atomic mass is 10.1. The van der Waals surface area contributed by atoms with Gasteiger partial charge < -0.3 is 10.5 Å². The molecule has 1 aromatic heterocycles. The molecule has 0 spiro atoms. The fourth-order valence-corrected chi connectivity index (χ4v) is 2.51. The lowest BCUT2D eigenvalue weighted by molar-refractivity contribution is -0.0406. The van der Waals surface area contributed by atoms with E-state index in [1.165, 1.54) is 0 Å². The Morgan fingerprint density at radius 2 is 2.56 bits per heavy atom. The van der Waals surface area contributed by atoms with E-state index >= 15 is 0 Å². The molecule has 0 saturated carbocycles. The molecular formula is C11H19N3OS. The van der Waals surface area contributed by atoms with Crippen LogP contribution in [0.2, 0.25) is 0 Å². The smallest absolute Gasteiger partial charge is 0.0897 e. The van der Waals surface area contributed by atoms with Crippen molar-refractivity contribution in [1.82, 2.24) is 9.88 Å². The summed E-state index contributed by atoms with van der Waals surface area (Å²) in [6.45, 7) is 7.61. The summed E-state index contributed by atoms with van der Waals surface area (Å²) in [5, 5.41) is 3.26. The minimum Gasteiger partial charge on any atom is -0.374 e. The minimum atomic E-state index is 0.0972. The van der Waals surface area contributed by atoms with Crippen LogP contribution >= 0.6 is 11.3 Å². The van der Waals surface area contributed by atoms with Crippen LogP contribution in [0, 0.1) is 6.92 Å². The van der Waals surface area contributed by atoms with E-state index in [2.05, 4.69) is 15.3 Å². The van der Waals surface area contributed by atoms with E-state index in [-0.39, 0.29) is 12.1 Å². The van der Waals surface area contributed by atoms with E-state index in [1.54, 1.807) is 11.3 Å². The molecule has 16 heavy (non-hydrogen) atoms. The molecule has 90 valence electrons. The lowest BCUT2D eigenvalue weighted by Crippen LogP contribution is -2.49. The number of ether oxygens (including phenoxy) is 1. The third-order valence-electron chi connectivity index (χ3n) is 2.82. The van der Waals surface area contributed by atoms with Gasteiger partial charge in [-0.15, -0.1) is 11.3 Å². The van der Waals surface area contributed by atoms with Crippen LogP contribution in [0.4, 0.5) is 0 Å². The van der Waals surface area contributed by atoms with Crippen molar-refractivity contribution in [3.63, 3.8) is 0 Å². The van der Waals surface area contributed by atoms with Gasteiger partial charge in [0.2, 0.25) is 0 Å². The van der Waals surface area contributed by atoms with Gasteiger partial charge in [0.1, 0.15) is 0 Å². The Kier molecular flexibility index (Phi) is 3.91. The zero-order valence-corrected chi connectivity index (χ0v) is 10.7. The number of hydrogen-bond donors (Lipinski definition) is 1. The Balaban J connectivity index is 1.90. The summed E-state index contributed by atoms with van der Waals surface area (Å²) in [6, 6.07) is 0.0972. The summed E-state index contributed by atoms with van der Waals surface area (Å²) in [4.78, 5) is 6.85. The predicted molar refractivity (Wildman–Crippen MR) is 65.5 cm³/mol. The van der Waals surface area contributed by atoms with Crippen LogP contribution in [0.1, 0.15) is 17.6 Å². The highest BCUT2D eigenvalue weighted by atomic mass is 32.1. The molecule has 0 radical (unpaired) electrons. The normalized spacial score (nSPS) is 24.6. The van der Waals surface area contributed by atoms with Gasteiger partial charge in [-0.05, 0) is 13.8 Å². The van der Waals surface area contributed by atoms with Gasteiger partial charge in [0.25, 0.3) is 0 Å². The van der Waals surface area contributed by atoms with Crippen LogP contribution < -0.4 is 5.73 Å². The predicted octanol–water partition coefficient (Wildman–Crippen LogP) is 1.000. The van der Waals surface area contributed by atoms with E-state index in [0.717, 1.165) is 36.9 Å². The lowest BCUT2D eigenvalue weighted by Gasteiger charge is -2.34. The summed E-state index contributed by atoms with van der Waals surface area (Å²) in [7, 11) is 0. The monoisotopic (exact) mass is 241 g/mol. The molecule has 4 nitrogen and oxygen atoms in total. The summed E-state index contributed by atoms with van der Waals surface area (Å²) in [6.07, 6.45) is 0.161. The van der Waals surface area contributed by atoms with Crippen LogP contribution in [0.3, 0.4) is 0 Å². The van der Waals surface area contributed by atoms with Crippen LogP contribution in [0.25, 0.3) is 0 Å². The second-order valence-electron chi connectivity index (χ2n) is 4.36. The highest BCUT2D eigenvalue weighted by Gasteiger charge is 2.23. The van der Waals surface area contributed by atoms with E-state index in [4.69, 9.17) is 10.5 Å². The van der Waals surface area contributed by atoms with Crippen molar-refractivity contribution >= 4 is 11.3 Å². The van der Waals surface area contributed by atoms with Crippen molar-refractivity contribution in [1.29, 1.82) is 0 Å². The standard InChI is InChI=1S/C11H19N3OS/c1-8(12)11-6-14(3-4-15-11)5-10-7-16-9(2)13-10/h7-8,11H,3-6,12H2,1-2H3. The number of thiazole rings is 1. The molecule has 1 aromatic rings. The number of morpholine rings is 1. The number of aryl methyl sites for hydroxylation is 1. The van der Waals surface area contributed by atoms with Gasteiger partial charge in [-0.25, -0.2) is 4.98 Å². The van der Waals surface area contributed by atoms with Gasteiger partial charge in [0, 0.05) is 31.1 Å². The first-order valence-electron chi connectivity index (χ1n) is 5.65. The summed E-state index contributed by atoms with van der Waals surface area (Å²) in [5.41, 5.74) is 7.02. The highest BCUT2D eigenvalue weighted by molar-refractivity contribution is 7.09. The first kappa shape index (κ1) is 12.0. The molecule has 2 rings (SSSR count). The van der Waals surface area contributed by atoms with Crippen molar-refractivity contribution in [2.75, 3.05) is 19.7 Å². The molecule has 0 amide bonds. The molecule has 0 aromatic carbocycles. The Hall–Kier alpha value is -0.490. The largest absolute Gasteiger partial charge is 0.374 e. The molecule has 2 atom stereocenters. The zero-order chi connectivity index (χ0) is 11.5. The van der Waals surface area contributed by atoms with Gasteiger partial charge in [-0.2, -0.15) is 0 Å². The Labute approximate surface area is 100 Å². The number of nitrogens with zero attached hydrogens (tertiary/aromatic N) is 2. The molecule has 5 heteroatoms. The SMILES string of the molecule is Cc1nc(CN2CCOC(C(C)N)C2)cs1. The van der Waals surface area contributed by atoms with Gasteiger partial charge >= 0.3 is 0 Å². The third kappa shape index (κ3) is 3.01. The van der Waals surface area contributed by atoms with Gasteiger partial charge in [0.15, 0.2) is 0 Å². The molecule has 0 aliphatic carbocycles. The second kappa shape index (κ2) is 5.23. The zero-order valence-electron chi connectivity index (χ0n) is 9.85. The molecule has 0 bridgehead atoms. The van der Waals surface area contributed by atoms with Crippen LogP contribution in [0.5, 0.6) is 0 Å². The summed E-state index contributed by atoms with van der Waals surface area (Å²) < 4.78 is 5.63. The maximum Gasteiger partial charge on any atom is 0.0897 e. The van der Waals surface area contributed by atoms with E-state index in [0.29, 0.717) is 0 Å². The highest BCUT2D eigenvalue weighted by Crippen LogP contribution is 2.14. The van der Waals surface area contributed by atoms with Crippen molar-refractivity contribution in [3.8, 4) is 0 Å². The van der Waals surface area contributed by atoms with Crippen LogP contribution in [-0.4, -0.2) is 41.7 Å². The quantitative estimate of drug-likeness (QED) is 0.858. The minimum absolute atomic E-state index is 0.0972. The molecular weight excluding hydrogens is 222 g/mol. The first-order valence-corrected chi connectivity index (χ1v) is 6.53. The number of nitrogens with two attached hydrogens (primary N) is 1. The maximum absolute atomic E-state index is 5.86. The number of rotatable bonds is 3. The number of hydrogen-bond acceptors (Lipinski definition) is 5. The van der Waals surface area contributed by atoms with Crippen molar-refractivity contribution in [2.45, 2.75) is 32.5 Å². The maximum atomic E-state index is 5.86. The van der Waals surface area contributed by atoms with E-state index in [1.807, 2.05) is 13.8 Å². The van der Waals surface area contributed by atoms with E-state index < -0.39 is 0 Å². The Bertz CT molecular complexity index is 340. The van der Waals surface area contributed by atoms with Crippen LogP contribution in [0.15, 0.2) is 5.38 Å². The Morgan fingerprint density at radius 1 is 1.75 bits per heavy atom. The van der Waals surface area contributed by atoms with Gasteiger partial charge in [0.05, 0.1) is 23.4 Å². The molecule has 1 aliphatic heterocycles. The molecule has 1 aliphatic rings. The fraction of sp³-hybridized carbons (Fsp3) is 0.727.